The maximum absolute atomic E-state index is 12.4. The zero-order valence-corrected chi connectivity index (χ0v) is 16.2. The van der Waals surface area contributed by atoms with Crippen molar-refractivity contribution < 1.29 is 14.3 Å². The third kappa shape index (κ3) is 4.14. The van der Waals surface area contributed by atoms with E-state index in [2.05, 4.69) is 20.8 Å². The van der Waals surface area contributed by atoms with E-state index in [-0.39, 0.29) is 11.7 Å². The van der Waals surface area contributed by atoms with Crippen molar-refractivity contribution in [1.82, 2.24) is 15.5 Å². The summed E-state index contributed by atoms with van der Waals surface area (Å²) >= 11 is 5.98. The van der Waals surface area contributed by atoms with E-state index < -0.39 is 5.91 Å². The zero-order chi connectivity index (χ0) is 20.4. The second kappa shape index (κ2) is 7.81. The van der Waals surface area contributed by atoms with E-state index in [0.717, 1.165) is 16.8 Å². The second-order valence-electron chi connectivity index (χ2n) is 6.53. The first-order valence-corrected chi connectivity index (χ1v) is 9.25. The minimum absolute atomic E-state index is 0.146. The highest BCUT2D eigenvalue weighted by Gasteiger charge is 2.23. The zero-order valence-electron chi connectivity index (χ0n) is 15.5. The maximum Gasteiger partial charge on any atom is 0.291 e. The van der Waals surface area contributed by atoms with Crippen molar-refractivity contribution in [2.45, 2.75) is 13.5 Å². The van der Waals surface area contributed by atoms with Gasteiger partial charge in [0, 0.05) is 28.4 Å². The number of halogens is 1. The Hall–Kier alpha value is -3.58. The van der Waals surface area contributed by atoms with Crippen LogP contribution in [-0.2, 0) is 11.3 Å². The summed E-state index contributed by atoms with van der Waals surface area (Å²) in [6, 6.07) is 12.0. The quantitative estimate of drug-likeness (QED) is 0.574. The standard InChI is InChI=1S/C21H17ClN4O3/c1-12-15(11-24-26-12)10-23-20(27)14-5-6-18-17(9-14)25-21(28)19(29-18)8-13-3-2-4-16(22)7-13/h2-9,11H,10H2,1H3,(H,23,27)(H,24,26)(H,25,28). The number of fused-ring (bicyclic) bond motifs is 1. The molecule has 0 saturated carbocycles. The number of aromatic nitrogens is 2. The number of hydrogen-bond acceptors (Lipinski definition) is 4. The molecule has 1 aromatic heterocycles. The summed E-state index contributed by atoms with van der Waals surface area (Å²) in [6.45, 7) is 2.24. The van der Waals surface area contributed by atoms with Gasteiger partial charge in [-0.05, 0) is 48.9 Å². The van der Waals surface area contributed by atoms with Crippen LogP contribution in [0.2, 0.25) is 5.02 Å². The van der Waals surface area contributed by atoms with Gasteiger partial charge in [0.1, 0.15) is 0 Å². The number of hydrogen-bond donors (Lipinski definition) is 3. The van der Waals surface area contributed by atoms with Crippen molar-refractivity contribution in [3.05, 3.63) is 81.8 Å². The average molecular weight is 409 g/mol. The van der Waals surface area contributed by atoms with Crippen LogP contribution in [0.25, 0.3) is 6.08 Å². The van der Waals surface area contributed by atoms with Crippen molar-refractivity contribution in [3.63, 3.8) is 0 Å². The summed E-state index contributed by atoms with van der Waals surface area (Å²) in [4.78, 5) is 24.8. The summed E-state index contributed by atoms with van der Waals surface area (Å²) in [7, 11) is 0. The molecule has 0 bridgehead atoms. The van der Waals surface area contributed by atoms with E-state index in [9.17, 15) is 9.59 Å². The van der Waals surface area contributed by atoms with Crippen LogP contribution in [0.4, 0.5) is 5.69 Å². The minimum atomic E-state index is -0.399. The molecule has 2 heterocycles. The molecule has 29 heavy (non-hydrogen) atoms. The van der Waals surface area contributed by atoms with Crippen molar-refractivity contribution >= 4 is 35.2 Å². The SMILES string of the molecule is Cc1[nH]ncc1CNC(=O)c1ccc2c(c1)NC(=O)C(=Cc1cccc(Cl)c1)O2. The largest absolute Gasteiger partial charge is 0.449 e. The number of H-pyrrole nitrogens is 1. The Labute approximate surface area is 171 Å². The van der Waals surface area contributed by atoms with Gasteiger partial charge in [0.05, 0.1) is 11.9 Å². The van der Waals surface area contributed by atoms with Crippen LogP contribution in [0.1, 0.15) is 27.2 Å². The monoisotopic (exact) mass is 408 g/mol. The molecule has 146 valence electrons. The fourth-order valence-corrected chi connectivity index (χ4v) is 3.08. The number of benzene rings is 2. The lowest BCUT2D eigenvalue weighted by Gasteiger charge is -2.20. The number of aromatic amines is 1. The summed E-state index contributed by atoms with van der Waals surface area (Å²) < 4.78 is 5.72. The number of nitrogens with one attached hydrogen (secondary N) is 3. The highest BCUT2D eigenvalue weighted by atomic mass is 35.5. The Kier molecular flexibility index (Phi) is 5.05. The van der Waals surface area contributed by atoms with Gasteiger partial charge in [0.2, 0.25) is 0 Å². The van der Waals surface area contributed by atoms with Gasteiger partial charge in [-0.15, -0.1) is 0 Å². The predicted octanol–water partition coefficient (Wildman–Crippen LogP) is 3.67. The summed E-state index contributed by atoms with van der Waals surface area (Å²) in [5.74, 6) is -0.0560. The number of carbonyl (C=O) groups is 2. The van der Waals surface area contributed by atoms with E-state index in [1.165, 1.54) is 0 Å². The molecule has 0 unspecified atom stereocenters. The molecular weight excluding hydrogens is 392 g/mol. The molecule has 4 rings (SSSR count). The van der Waals surface area contributed by atoms with Gasteiger partial charge in [-0.2, -0.15) is 5.10 Å². The maximum atomic E-state index is 12.4. The van der Waals surface area contributed by atoms with Crippen molar-refractivity contribution in [1.29, 1.82) is 0 Å². The highest BCUT2D eigenvalue weighted by molar-refractivity contribution is 6.30. The van der Waals surface area contributed by atoms with Crippen molar-refractivity contribution in [2.24, 2.45) is 0 Å². The Morgan fingerprint density at radius 3 is 2.90 bits per heavy atom. The summed E-state index contributed by atoms with van der Waals surface area (Å²) in [6.07, 6.45) is 3.28. The van der Waals surface area contributed by atoms with E-state index in [1.54, 1.807) is 48.7 Å². The molecule has 0 atom stereocenters. The molecule has 2 aromatic carbocycles. The fourth-order valence-electron chi connectivity index (χ4n) is 2.88. The van der Waals surface area contributed by atoms with Crippen LogP contribution in [0.15, 0.2) is 54.4 Å². The summed E-state index contributed by atoms with van der Waals surface area (Å²) in [5, 5.41) is 12.9. The van der Waals surface area contributed by atoms with E-state index in [0.29, 0.717) is 28.6 Å². The first kappa shape index (κ1) is 18.8. The van der Waals surface area contributed by atoms with Crippen molar-refractivity contribution in [3.8, 4) is 5.75 Å². The van der Waals surface area contributed by atoms with Crippen LogP contribution < -0.4 is 15.4 Å². The van der Waals surface area contributed by atoms with Crippen LogP contribution in [0.5, 0.6) is 5.75 Å². The van der Waals surface area contributed by atoms with Gasteiger partial charge >= 0.3 is 0 Å². The van der Waals surface area contributed by atoms with Crippen LogP contribution in [-0.4, -0.2) is 22.0 Å². The Morgan fingerprint density at radius 1 is 1.28 bits per heavy atom. The number of nitrogens with zero attached hydrogens (tertiary/aromatic N) is 1. The van der Waals surface area contributed by atoms with Gasteiger partial charge in [0.25, 0.3) is 11.8 Å². The lowest BCUT2D eigenvalue weighted by molar-refractivity contribution is -0.115. The van der Waals surface area contributed by atoms with Gasteiger partial charge in [-0.1, -0.05) is 23.7 Å². The molecule has 0 fully saturated rings. The van der Waals surface area contributed by atoms with E-state index in [4.69, 9.17) is 16.3 Å². The van der Waals surface area contributed by atoms with Crippen LogP contribution in [0, 0.1) is 6.92 Å². The molecule has 3 aromatic rings. The predicted molar refractivity (Wildman–Crippen MR) is 110 cm³/mol. The number of aryl methyl sites for hydroxylation is 1. The number of anilines is 1. The van der Waals surface area contributed by atoms with Gasteiger partial charge in [0.15, 0.2) is 11.5 Å². The first-order valence-electron chi connectivity index (χ1n) is 8.87. The van der Waals surface area contributed by atoms with Crippen LogP contribution >= 0.6 is 11.6 Å². The molecule has 0 saturated heterocycles. The molecular formula is C21H17ClN4O3. The lowest BCUT2D eigenvalue weighted by atomic mass is 10.1. The number of ether oxygens (including phenoxy) is 1. The molecule has 3 N–H and O–H groups in total. The Bertz CT molecular complexity index is 1140. The highest BCUT2D eigenvalue weighted by Crippen LogP contribution is 2.32. The third-order valence-corrected chi connectivity index (χ3v) is 4.69. The number of carbonyl (C=O) groups excluding carboxylic acids is 2. The van der Waals surface area contributed by atoms with Crippen LogP contribution in [0.3, 0.4) is 0 Å². The third-order valence-electron chi connectivity index (χ3n) is 4.45. The average Bonchev–Trinajstić information content (AvgIpc) is 3.11. The molecule has 0 spiro atoms. The molecule has 2 amide bonds. The summed E-state index contributed by atoms with van der Waals surface area (Å²) in [5.41, 5.74) is 3.40. The first-order chi connectivity index (χ1) is 14.0. The molecule has 1 aliphatic rings. The minimum Gasteiger partial charge on any atom is -0.449 e. The number of rotatable bonds is 4. The second-order valence-corrected chi connectivity index (χ2v) is 6.97. The molecule has 7 nitrogen and oxygen atoms in total. The lowest BCUT2D eigenvalue weighted by Crippen LogP contribution is -2.26. The smallest absolute Gasteiger partial charge is 0.291 e. The molecule has 0 aliphatic carbocycles. The molecule has 0 radical (unpaired) electrons. The Balaban J connectivity index is 1.50. The van der Waals surface area contributed by atoms with E-state index >= 15 is 0 Å². The molecule has 8 heteroatoms. The topological polar surface area (TPSA) is 96.1 Å². The number of amides is 2. The van der Waals surface area contributed by atoms with E-state index in [1.807, 2.05) is 13.0 Å². The normalized spacial score (nSPS) is 14.1. The van der Waals surface area contributed by atoms with Gasteiger partial charge in [-0.3, -0.25) is 14.7 Å². The fraction of sp³-hybridized carbons (Fsp3) is 0.0952. The van der Waals surface area contributed by atoms with Gasteiger partial charge in [-0.25, -0.2) is 0 Å². The van der Waals surface area contributed by atoms with Gasteiger partial charge < -0.3 is 15.4 Å². The van der Waals surface area contributed by atoms with Crippen molar-refractivity contribution in [2.75, 3.05) is 5.32 Å². The Morgan fingerprint density at radius 2 is 2.14 bits per heavy atom. The molecule has 1 aliphatic heterocycles.